The van der Waals surface area contributed by atoms with E-state index < -0.39 is 0 Å². The van der Waals surface area contributed by atoms with Crippen molar-refractivity contribution in [3.05, 3.63) is 47.0 Å². The monoisotopic (exact) mass is 248 g/mol. The molecule has 1 N–H and O–H groups in total. The van der Waals surface area contributed by atoms with Gasteiger partial charge in [0.05, 0.1) is 0 Å². The molecule has 0 aromatic carbocycles. The summed E-state index contributed by atoms with van der Waals surface area (Å²) in [4.78, 5) is 23.6. The van der Waals surface area contributed by atoms with Crippen molar-refractivity contribution in [2.75, 3.05) is 5.32 Å². The molecule has 2 rings (SSSR count). The lowest BCUT2D eigenvalue weighted by Crippen LogP contribution is -2.14. The van der Waals surface area contributed by atoms with Gasteiger partial charge in [-0.3, -0.25) is 10.1 Å². The zero-order chi connectivity index (χ0) is 12.3. The second-order valence-corrected chi connectivity index (χ2v) is 3.73. The highest BCUT2D eigenvalue weighted by atomic mass is 35.5. The molecule has 0 aliphatic rings. The highest BCUT2D eigenvalue weighted by Gasteiger charge is 2.09. The Labute approximate surface area is 103 Å². The van der Waals surface area contributed by atoms with Gasteiger partial charge in [-0.2, -0.15) is 0 Å². The summed E-state index contributed by atoms with van der Waals surface area (Å²) in [5.74, 6) is -0.0633. The fourth-order valence-corrected chi connectivity index (χ4v) is 1.55. The van der Waals surface area contributed by atoms with Crippen LogP contribution in [-0.2, 0) is 0 Å². The number of nitrogens with zero attached hydrogens (tertiary/aromatic N) is 3. The molecule has 0 spiro atoms. The number of hydrogen-bond acceptors (Lipinski definition) is 4. The van der Waals surface area contributed by atoms with Gasteiger partial charge in [0.25, 0.3) is 5.91 Å². The molecule has 0 radical (unpaired) electrons. The topological polar surface area (TPSA) is 67.8 Å². The molecular weight excluding hydrogens is 240 g/mol. The van der Waals surface area contributed by atoms with E-state index in [1.54, 1.807) is 31.5 Å². The van der Waals surface area contributed by atoms with Crippen LogP contribution in [-0.4, -0.2) is 20.9 Å². The van der Waals surface area contributed by atoms with Crippen molar-refractivity contribution in [2.24, 2.45) is 0 Å². The number of carbonyl (C=O) groups excluding carboxylic acids is 1. The summed E-state index contributed by atoms with van der Waals surface area (Å²) in [6, 6.07) is 4.81. The van der Waals surface area contributed by atoms with Crippen LogP contribution in [0.2, 0.25) is 5.15 Å². The lowest BCUT2D eigenvalue weighted by molar-refractivity contribution is 0.102. The van der Waals surface area contributed by atoms with Crippen molar-refractivity contribution in [2.45, 2.75) is 6.92 Å². The van der Waals surface area contributed by atoms with Gasteiger partial charge >= 0.3 is 0 Å². The Kier molecular flexibility index (Phi) is 3.30. The second kappa shape index (κ2) is 4.88. The van der Waals surface area contributed by atoms with Crippen molar-refractivity contribution >= 4 is 23.5 Å². The standard InChI is InChI=1S/C11H9ClN4O/c1-7-5-8(6-9(12)15-7)10(17)16-11-13-3-2-4-14-11/h2-6H,1H3,(H,13,14,16,17). The van der Waals surface area contributed by atoms with E-state index in [9.17, 15) is 4.79 Å². The lowest BCUT2D eigenvalue weighted by Gasteiger charge is -2.04. The maximum Gasteiger partial charge on any atom is 0.258 e. The van der Waals surface area contributed by atoms with Crippen molar-refractivity contribution < 1.29 is 4.79 Å². The predicted molar refractivity (Wildman–Crippen MR) is 64.0 cm³/mol. The summed E-state index contributed by atoms with van der Waals surface area (Å²) in [5.41, 5.74) is 1.10. The average Bonchev–Trinajstić information content (AvgIpc) is 2.29. The quantitative estimate of drug-likeness (QED) is 0.827. The minimum absolute atomic E-state index is 0.253. The second-order valence-electron chi connectivity index (χ2n) is 3.35. The maximum absolute atomic E-state index is 11.8. The van der Waals surface area contributed by atoms with E-state index in [1.165, 1.54) is 6.07 Å². The first kappa shape index (κ1) is 11.5. The highest BCUT2D eigenvalue weighted by Crippen LogP contribution is 2.11. The summed E-state index contributed by atoms with van der Waals surface area (Å²) in [5, 5.41) is 2.85. The summed E-state index contributed by atoms with van der Waals surface area (Å²) in [6.07, 6.45) is 3.10. The predicted octanol–water partition coefficient (Wildman–Crippen LogP) is 2.09. The van der Waals surface area contributed by atoms with E-state index >= 15 is 0 Å². The molecule has 0 atom stereocenters. The molecule has 6 heteroatoms. The van der Waals surface area contributed by atoms with Gasteiger partial charge in [0.2, 0.25) is 5.95 Å². The number of pyridine rings is 1. The molecule has 2 aromatic rings. The lowest BCUT2D eigenvalue weighted by atomic mass is 10.2. The zero-order valence-corrected chi connectivity index (χ0v) is 9.77. The average molecular weight is 249 g/mol. The number of hydrogen-bond donors (Lipinski definition) is 1. The summed E-state index contributed by atoms with van der Waals surface area (Å²) in [6.45, 7) is 1.77. The van der Waals surface area contributed by atoms with Crippen molar-refractivity contribution in [3.63, 3.8) is 0 Å². The van der Waals surface area contributed by atoms with Gasteiger partial charge in [-0.1, -0.05) is 11.6 Å². The minimum Gasteiger partial charge on any atom is -0.290 e. The molecule has 0 aliphatic carbocycles. The number of anilines is 1. The highest BCUT2D eigenvalue weighted by molar-refractivity contribution is 6.29. The molecule has 0 unspecified atom stereocenters. The Morgan fingerprint density at radius 1 is 1.29 bits per heavy atom. The van der Waals surface area contributed by atoms with Crippen LogP contribution in [0.5, 0.6) is 0 Å². The van der Waals surface area contributed by atoms with Crippen LogP contribution in [0.15, 0.2) is 30.6 Å². The van der Waals surface area contributed by atoms with Crippen LogP contribution >= 0.6 is 11.6 Å². The van der Waals surface area contributed by atoms with Gasteiger partial charge in [-0.15, -0.1) is 0 Å². The molecule has 0 aliphatic heterocycles. The third kappa shape index (κ3) is 2.98. The van der Waals surface area contributed by atoms with E-state index in [-0.39, 0.29) is 17.0 Å². The molecule has 0 saturated heterocycles. The first-order chi connectivity index (χ1) is 8.15. The molecule has 0 fully saturated rings. The Bertz CT molecular complexity index is 524. The van der Waals surface area contributed by atoms with E-state index in [0.717, 1.165) is 0 Å². The van der Waals surface area contributed by atoms with Crippen LogP contribution in [0, 0.1) is 6.92 Å². The van der Waals surface area contributed by atoms with Gasteiger partial charge in [-0.05, 0) is 25.1 Å². The first-order valence-corrected chi connectivity index (χ1v) is 5.25. The Balaban J connectivity index is 2.20. The van der Waals surface area contributed by atoms with Crippen molar-refractivity contribution in [1.82, 2.24) is 15.0 Å². The van der Waals surface area contributed by atoms with E-state index in [0.29, 0.717) is 11.3 Å². The van der Waals surface area contributed by atoms with Gasteiger partial charge in [0.15, 0.2) is 0 Å². The summed E-state index contributed by atoms with van der Waals surface area (Å²) in [7, 11) is 0. The van der Waals surface area contributed by atoms with Gasteiger partial charge in [0.1, 0.15) is 5.15 Å². The third-order valence-electron chi connectivity index (χ3n) is 1.98. The molecule has 1 amide bonds. The van der Waals surface area contributed by atoms with Gasteiger partial charge in [0, 0.05) is 23.7 Å². The molecule has 17 heavy (non-hydrogen) atoms. The van der Waals surface area contributed by atoms with Crippen LogP contribution in [0.4, 0.5) is 5.95 Å². The Morgan fingerprint density at radius 3 is 2.65 bits per heavy atom. The molecule has 5 nitrogen and oxygen atoms in total. The van der Waals surface area contributed by atoms with E-state index in [1.807, 2.05) is 0 Å². The van der Waals surface area contributed by atoms with Crippen molar-refractivity contribution in [3.8, 4) is 0 Å². The number of aromatic nitrogens is 3. The number of nitrogens with one attached hydrogen (secondary N) is 1. The smallest absolute Gasteiger partial charge is 0.258 e. The SMILES string of the molecule is Cc1cc(C(=O)Nc2ncccn2)cc(Cl)n1. The molecule has 2 aromatic heterocycles. The molecule has 0 bridgehead atoms. The number of amides is 1. The number of aryl methyl sites for hydroxylation is 1. The van der Waals surface area contributed by atoms with Crippen molar-refractivity contribution in [1.29, 1.82) is 0 Å². The van der Waals surface area contributed by atoms with Crippen LogP contribution in [0.3, 0.4) is 0 Å². The zero-order valence-electron chi connectivity index (χ0n) is 9.01. The van der Waals surface area contributed by atoms with Gasteiger partial charge in [-0.25, -0.2) is 15.0 Å². The summed E-state index contributed by atoms with van der Waals surface area (Å²) >= 11 is 5.77. The summed E-state index contributed by atoms with van der Waals surface area (Å²) < 4.78 is 0. The fraction of sp³-hybridized carbons (Fsp3) is 0.0909. The van der Waals surface area contributed by atoms with Crippen LogP contribution < -0.4 is 5.32 Å². The van der Waals surface area contributed by atoms with Crippen LogP contribution in [0.25, 0.3) is 0 Å². The number of rotatable bonds is 2. The van der Waals surface area contributed by atoms with E-state index in [4.69, 9.17) is 11.6 Å². The molecule has 0 saturated carbocycles. The van der Waals surface area contributed by atoms with Crippen LogP contribution in [0.1, 0.15) is 16.1 Å². The minimum atomic E-state index is -0.316. The normalized spacial score (nSPS) is 10.0. The first-order valence-electron chi connectivity index (χ1n) is 4.88. The number of carbonyl (C=O) groups is 1. The molecule has 86 valence electrons. The maximum atomic E-state index is 11.8. The largest absolute Gasteiger partial charge is 0.290 e. The fourth-order valence-electron chi connectivity index (χ4n) is 1.30. The Morgan fingerprint density at radius 2 is 2.00 bits per heavy atom. The van der Waals surface area contributed by atoms with Gasteiger partial charge < -0.3 is 0 Å². The third-order valence-corrected chi connectivity index (χ3v) is 2.17. The van der Waals surface area contributed by atoms with E-state index in [2.05, 4.69) is 20.3 Å². The molecule has 2 heterocycles. The Hall–Kier alpha value is -2.01. The number of halogens is 1. The molecular formula is C11H9ClN4O.